The van der Waals surface area contributed by atoms with Gasteiger partial charge in [-0.1, -0.05) is 0 Å². The number of H-pyrrole nitrogens is 1. The van der Waals surface area contributed by atoms with Crippen molar-refractivity contribution in [1.82, 2.24) is 19.5 Å². The van der Waals surface area contributed by atoms with Gasteiger partial charge in [0.1, 0.15) is 0 Å². The van der Waals surface area contributed by atoms with Crippen LogP contribution < -0.4 is 5.56 Å². The molecule has 0 aliphatic heterocycles. The van der Waals surface area contributed by atoms with Gasteiger partial charge in [0.25, 0.3) is 5.56 Å². The normalized spacial score (nSPS) is 12.6. The van der Waals surface area contributed by atoms with E-state index in [4.69, 9.17) is 0 Å². The molecule has 0 aromatic carbocycles. The van der Waals surface area contributed by atoms with E-state index in [-0.39, 0.29) is 11.3 Å². The van der Waals surface area contributed by atoms with Crippen molar-refractivity contribution in [3.63, 3.8) is 0 Å². The van der Waals surface area contributed by atoms with Crippen LogP contribution in [0.15, 0.2) is 11.0 Å². The van der Waals surface area contributed by atoms with Crippen LogP contribution in [0.2, 0.25) is 0 Å². The molecule has 2 aromatic heterocycles. The van der Waals surface area contributed by atoms with Gasteiger partial charge in [-0.25, -0.2) is 9.50 Å². The molecule has 5 nitrogen and oxygen atoms in total. The minimum absolute atomic E-state index is 0.118. The molecular weight excluding hydrogens is 273 g/mol. The van der Waals surface area contributed by atoms with Crippen LogP contribution in [-0.4, -0.2) is 39.8 Å². The van der Waals surface area contributed by atoms with Gasteiger partial charge < -0.3 is 4.90 Å². The Morgan fingerprint density at radius 1 is 1.40 bits per heavy atom. The highest BCUT2D eigenvalue weighted by molar-refractivity contribution is 5.47. The van der Waals surface area contributed by atoms with Crippen molar-refractivity contribution in [3.8, 4) is 0 Å². The molecule has 110 valence electrons. The van der Waals surface area contributed by atoms with E-state index in [9.17, 15) is 18.0 Å². The van der Waals surface area contributed by atoms with E-state index in [1.54, 1.807) is 6.20 Å². The summed E-state index contributed by atoms with van der Waals surface area (Å²) in [5.41, 5.74) is 0.218. The highest BCUT2D eigenvalue weighted by atomic mass is 19.4. The standard InChI is InChI=1S/C12H15F3N4O/c1-7-9(4-12(13,14)15)11(20)19-10(17-7)8(5-16-19)6-18(2)3/h5,16H,4,6H2,1-3H3. The van der Waals surface area contributed by atoms with Crippen molar-refractivity contribution < 1.29 is 13.2 Å². The first-order valence-electron chi connectivity index (χ1n) is 5.99. The number of nitrogens with one attached hydrogen (secondary N) is 1. The van der Waals surface area contributed by atoms with E-state index >= 15 is 0 Å². The molecule has 2 aromatic rings. The third-order valence-corrected chi connectivity index (χ3v) is 2.90. The number of hydrogen-bond acceptors (Lipinski definition) is 3. The summed E-state index contributed by atoms with van der Waals surface area (Å²) in [6.45, 7) is 1.96. The second-order valence-electron chi connectivity index (χ2n) is 4.97. The number of aryl methyl sites for hydroxylation is 1. The Balaban J connectivity index is 2.58. The molecular formula is C12H15F3N4O. The Labute approximate surface area is 113 Å². The summed E-state index contributed by atoms with van der Waals surface area (Å²) < 4.78 is 38.5. The lowest BCUT2D eigenvalue weighted by Gasteiger charge is -2.10. The Morgan fingerprint density at radius 2 is 2.05 bits per heavy atom. The van der Waals surface area contributed by atoms with Crippen LogP contribution in [0.1, 0.15) is 16.8 Å². The van der Waals surface area contributed by atoms with E-state index < -0.39 is 18.2 Å². The van der Waals surface area contributed by atoms with Crippen LogP contribution in [0.3, 0.4) is 0 Å². The zero-order valence-corrected chi connectivity index (χ0v) is 11.4. The molecule has 0 aliphatic carbocycles. The molecule has 0 spiro atoms. The molecule has 0 saturated carbocycles. The van der Waals surface area contributed by atoms with E-state index in [1.807, 2.05) is 19.0 Å². The summed E-state index contributed by atoms with van der Waals surface area (Å²) in [4.78, 5) is 18.1. The first-order valence-corrected chi connectivity index (χ1v) is 5.99. The molecule has 2 rings (SSSR count). The fourth-order valence-corrected chi connectivity index (χ4v) is 2.07. The number of hydrogen-bond donors (Lipinski definition) is 1. The summed E-state index contributed by atoms with van der Waals surface area (Å²) in [6.07, 6.45) is -4.12. The van der Waals surface area contributed by atoms with Gasteiger partial charge >= 0.3 is 6.18 Å². The minimum atomic E-state index is -4.43. The molecule has 0 bridgehead atoms. The van der Waals surface area contributed by atoms with Gasteiger partial charge in [-0.05, 0) is 21.0 Å². The van der Waals surface area contributed by atoms with Gasteiger partial charge in [0, 0.05) is 29.6 Å². The van der Waals surface area contributed by atoms with Crippen LogP contribution in [0.5, 0.6) is 0 Å². The summed E-state index contributed by atoms with van der Waals surface area (Å²) in [5, 5.41) is 2.66. The third-order valence-electron chi connectivity index (χ3n) is 2.90. The Bertz CT molecular complexity index is 684. The van der Waals surface area contributed by atoms with Crippen molar-refractivity contribution in [1.29, 1.82) is 0 Å². The third kappa shape index (κ3) is 2.84. The summed E-state index contributed by atoms with van der Waals surface area (Å²) in [7, 11) is 3.71. The molecule has 0 saturated heterocycles. The Kier molecular flexibility index (Phi) is 3.59. The molecule has 0 atom stereocenters. The quantitative estimate of drug-likeness (QED) is 0.931. The first-order chi connectivity index (χ1) is 9.19. The number of alkyl halides is 3. The van der Waals surface area contributed by atoms with Crippen LogP contribution in [0, 0.1) is 6.92 Å². The molecule has 0 radical (unpaired) electrons. The predicted octanol–water partition coefficient (Wildman–Crippen LogP) is 1.50. The second kappa shape index (κ2) is 4.93. The van der Waals surface area contributed by atoms with Crippen LogP contribution in [0.4, 0.5) is 13.2 Å². The van der Waals surface area contributed by atoms with Crippen molar-refractivity contribution in [2.75, 3.05) is 14.1 Å². The lowest BCUT2D eigenvalue weighted by molar-refractivity contribution is -0.127. The lowest BCUT2D eigenvalue weighted by Crippen LogP contribution is -2.26. The summed E-state index contributed by atoms with van der Waals surface area (Å²) in [6, 6.07) is 0. The van der Waals surface area contributed by atoms with Crippen LogP contribution in [0.25, 0.3) is 5.65 Å². The maximum Gasteiger partial charge on any atom is 0.393 e. The number of aromatic nitrogens is 3. The zero-order chi connectivity index (χ0) is 15.1. The second-order valence-corrected chi connectivity index (χ2v) is 4.97. The molecule has 20 heavy (non-hydrogen) atoms. The SMILES string of the molecule is Cc1nc2c(CN(C)C)c[nH]n2c(=O)c1CC(F)(F)F. The zero-order valence-electron chi connectivity index (χ0n) is 11.4. The number of rotatable bonds is 3. The monoisotopic (exact) mass is 288 g/mol. The average molecular weight is 288 g/mol. The van der Waals surface area contributed by atoms with E-state index in [0.29, 0.717) is 12.2 Å². The number of fused-ring (bicyclic) bond motifs is 1. The van der Waals surface area contributed by atoms with E-state index in [2.05, 4.69) is 10.1 Å². The highest BCUT2D eigenvalue weighted by Gasteiger charge is 2.31. The molecule has 2 heterocycles. The fraction of sp³-hybridized carbons (Fsp3) is 0.500. The summed E-state index contributed by atoms with van der Waals surface area (Å²) in [5.74, 6) is 0. The molecule has 1 N–H and O–H groups in total. The van der Waals surface area contributed by atoms with Crippen LogP contribution in [-0.2, 0) is 13.0 Å². The average Bonchev–Trinajstić information content (AvgIpc) is 2.66. The van der Waals surface area contributed by atoms with Gasteiger partial charge in [-0.3, -0.25) is 9.89 Å². The van der Waals surface area contributed by atoms with Gasteiger partial charge in [-0.2, -0.15) is 13.2 Å². The highest BCUT2D eigenvalue weighted by Crippen LogP contribution is 2.21. The van der Waals surface area contributed by atoms with Gasteiger partial charge in [0.15, 0.2) is 5.65 Å². The maximum atomic E-state index is 12.5. The van der Waals surface area contributed by atoms with Crippen molar-refractivity contribution in [3.05, 3.63) is 33.4 Å². The summed E-state index contributed by atoms with van der Waals surface area (Å²) >= 11 is 0. The Morgan fingerprint density at radius 3 is 2.60 bits per heavy atom. The molecule has 0 unspecified atom stereocenters. The van der Waals surface area contributed by atoms with Gasteiger partial charge in [0.05, 0.1) is 6.42 Å². The topological polar surface area (TPSA) is 53.4 Å². The first kappa shape index (κ1) is 14.6. The minimum Gasteiger partial charge on any atom is -0.305 e. The van der Waals surface area contributed by atoms with Crippen LogP contribution >= 0.6 is 0 Å². The van der Waals surface area contributed by atoms with Gasteiger partial charge in [-0.15, -0.1) is 0 Å². The van der Waals surface area contributed by atoms with Crippen molar-refractivity contribution in [2.45, 2.75) is 26.1 Å². The Hall–Kier alpha value is -1.83. The molecule has 0 amide bonds. The number of aromatic amines is 1. The molecule has 0 aliphatic rings. The van der Waals surface area contributed by atoms with Crippen molar-refractivity contribution >= 4 is 5.65 Å². The lowest BCUT2D eigenvalue weighted by atomic mass is 10.1. The maximum absolute atomic E-state index is 12.5. The van der Waals surface area contributed by atoms with Gasteiger partial charge in [0.2, 0.25) is 0 Å². The molecule has 0 fully saturated rings. The predicted molar refractivity (Wildman–Crippen MR) is 67.7 cm³/mol. The molecule has 8 heteroatoms. The largest absolute Gasteiger partial charge is 0.393 e. The smallest absolute Gasteiger partial charge is 0.305 e. The van der Waals surface area contributed by atoms with E-state index in [0.717, 1.165) is 10.1 Å². The fourth-order valence-electron chi connectivity index (χ4n) is 2.07. The van der Waals surface area contributed by atoms with Crippen molar-refractivity contribution in [2.24, 2.45) is 0 Å². The number of halogens is 3. The van der Waals surface area contributed by atoms with E-state index in [1.165, 1.54) is 6.92 Å². The number of nitrogens with zero attached hydrogens (tertiary/aromatic N) is 3.